The van der Waals surface area contributed by atoms with Crippen LogP contribution in [0.15, 0.2) is 29.7 Å². The van der Waals surface area contributed by atoms with Crippen LogP contribution < -0.4 is 0 Å². The van der Waals surface area contributed by atoms with Gasteiger partial charge in [0.2, 0.25) is 0 Å². The highest BCUT2D eigenvalue weighted by atomic mass is 35.7. The van der Waals surface area contributed by atoms with Gasteiger partial charge in [-0.15, -0.1) is 0 Å². The molecule has 0 aliphatic carbocycles. The molecule has 0 amide bonds. The van der Waals surface area contributed by atoms with Crippen molar-refractivity contribution in [3.8, 4) is 0 Å². The maximum absolute atomic E-state index is 10.9. The van der Waals surface area contributed by atoms with E-state index in [4.69, 9.17) is 10.7 Å². The molecule has 1 rings (SSSR count). The van der Waals surface area contributed by atoms with Crippen LogP contribution in [0, 0.1) is 0 Å². The van der Waals surface area contributed by atoms with Crippen molar-refractivity contribution in [2.45, 2.75) is 24.9 Å². The minimum Gasteiger partial charge on any atom is -0.332 e. The molecule has 0 spiro atoms. The average molecular weight is 235 g/mol. The third-order valence-electron chi connectivity index (χ3n) is 1.77. The van der Waals surface area contributed by atoms with Gasteiger partial charge in [0.25, 0.3) is 9.05 Å². The molecule has 0 saturated carbocycles. The first-order valence-corrected chi connectivity index (χ1v) is 6.37. The van der Waals surface area contributed by atoms with Gasteiger partial charge in [-0.1, -0.05) is 19.1 Å². The zero-order valence-corrected chi connectivity index (χ0v) is 9.35. The first kappa shape index (κ1) is 11.3. The molecule has 0 bridgehead atoms. The fraction of sp³-hybridized carbons (Fsp3) is 0.375. The summed E-state index contributed by atoms with van der Waals surface area (Å²) in [6.07, 6.45) is 3.67. The van der Waals surface area contributed by atoms with E-state index in [-0.39, 0.29) is 5.03 Å². The molecule has 1 aromatic heterocycles. The molecule has 0 atom stereocenters. The lowest BCUT2D eigenvalue weighted by atomic mass is 10.2. The van der Waals surface area contributed by atoms with Crippen LogP contribution in [0.1, 0.15) is 13.3 Å². The molecule has 0 fully saturated rings. The number of halogens is 1. The standard InChI is InChI=1S/C8H11ClN2O2S/c1-3-7(2)4-11-5-8(10-6-11)14(9,12)13/h5-6H,2-4H2,1H3. The Morgan fingerprint density at radius 1 is 1.71 bits per heavy atom. The van der Waals surface area contributed by atoms with Gasteiger partial charge in [-0.25, -0.2) is 13.4 Å². The predicted molar refractivity (Wildman–Crippen MR) is 54.7 cm³/mol. The van der Waals surface area contributed by atoms with Crippen LogP contribution in [0.5, 0.6) is 0 Å². The number of hydrogen-bond donors (Lipinski definition) is 0. The molecule has 0 radical (unpaired) electrons. The highest BCUT2D eigenvalue weighted by molar-refractivity contribution is 8.13. The van der Waals surface area contributed by atoms with Crippen molar-refractivity contribution in [3.05, 3.63) is 24.7 Å². The van der Waals surface area contributed by atoms with Gasteiger partial charge in [0.1, 0.15) is 0 Å². The van der Waals surface area contributed by atoms with Crippen LogP contribution in [0.4, 0.5) is 0 Å². The van der Waals surface area contributed by atoms with E-state index < -0.39 is 9.05 Å². The summed E-state index contributed by atoms with van der Waals surface area (Å²) >= 11 is 0. The Hall–Kier alpha value is -0.810. The molecule has 0 aromatic carbocycles. The Labute approximate surface area is 87.6 Å². The first-order chi connectivity index (χ1) is 6.43. The lowest BCUT2D eigenvalue weighted by molar-refractivity contribution is 0.606. The summed E-state index contributed by atoms with van der Waals surface area (Å²) in [5.41, 5.74) is 1.00. The summed E-state index contributed by atoms with van der Waals surface area (Å²) in [5.74, 6) is 0. The van der Waals surface area contributed by atoms with Crippen LogP contribution in [-0.4, -0.2) is 18.0 Å². The van der Waals surface area contributed by atoms with Gasteiger partial charge in [-0.05, 0) is 6.42 Å². The smallest absolute Gasteiger partial charge is 0.280 e. The van der Waals surface area contributed by atoms with Gasteiger partial charge in [0.05, 0.1) is 6.33 Å². The van der Waals surface area contributed by atoms with Crippen LogP contribution in [0.25, 0.3) is 0 Å². The summed E-state index contributed by atoms with van der Waals surface area (Å²) in [5, 5.41) is -0.122. The Kier molecular flexibility index (Phi) is 3.34. The van der Waals surface area contributed by atoms with E-state index >= 15 is 0 Å². The summed E-state index contributed by atoms with van der Waals surface area (Å²) in [7, 11) is 1.40. The predicted octanol–water partition coefficient (Wildman–Crippen LogP) is 1.78. The molecule has 0 saturated heterocycles. The van der Waals surface area contributed by atoms with Gasteiger partial charge in [0.15, 0.2) is 5.03 Å². The molecule has 1 aromatic rings. The van der Waals surface area contributed by atoms with Crippen molar-refractivity contribution in [2.24, 2.45) is 0 Å². The van der Waals surface area contributed by atoms with Gasteiger partial charge < -0.3 is 4.57 Å². The molecule has 4 nitrogen and oxygen atoms in total. The van der Waals surface area contributed by atoms with Crippen LogP contribution in [-0.2, 0) is 15.6 Å². The minimum absolute atomic E-state index is 0.122. The van der Waals surface area contributed by atoms with Gasteiger partial charge in [-0.3, -0.25) is 0 Å². The largest absolute Gasteiger partial charge is 0.332 e. The van der Waals surface area contributed by atoms with Crippen molar-refractivity contribution in [3.63, 3.8) is 0 Å². The Morgan fingerprint density at radius 3 is 2.79 bits per heavy atom. The van der Waals surface area contributed by atoms with E-state index in [9.17, 15) is 8.42 Å². The fourth-order valence-corrected chi connectivity index (χ4v) is 1.60. The number of aromatic nitrogens is 2. The van der Waals surface area contributed by atoms with Crippen molar-refractivity contribution >= 4 is 19.7 Å². The maximum Gasteiger partial charge on any atom is 0.280 e. The third-order valence-corrected chi connectivity index (χ3v) is 2.95. The summed E-state index contributed by atoms with van der Waals surface area (Å²) in [6, 6.07) is 0. The minimum atomic E-state index is -3.71. The second-order valence-electron chi connectivity index (χ2n) is 2.93. The Bertz CT molecular complexity index is 436. The van der Waals surface area contributed by atoms with E-state index in [1.165, 1.54) is 12.5 Å². The number of nitrogens with zero attached hydrogens (tertiary/aromatic N) is 2. The van der Waals surface area contributed by atoms with Crippen molar-refractivity contribution in [1.29, 1.82) is 0 Å². The molecule has 0 N–H and O–H groups in total. The van der Waals surface area contributed by atoms with Crippen LogP contribution in [0.2, 0.25) is 0 Å². The monoisotopic (exact) mass is 234 g/mol. The molecule has 6 heteroatoms. The molecule has 0 unspecified atom stereocenters. The summed E-state index contributed by atoms with van der Waals surface area (Å²) in [6.45, 7) is 6.36. The first-order valence-electron chi connectivity index (χ1n) is 4.06. The number of rotatable bonds is 4. The SMILES string of the molecule is C=C(CC)Cn1cnc(S(=O)(=O)Cl)c1. The quantitative estimate of drug-likeness (QED) is 0.590. The molecule has 78 valence electrons. The van der Waals surface area contributed by atoms with Gasteiger partial charge in [0, 0.05) is 23.4 Å². The lowest BCUT2D eigenvalue weighted by Crippen LogP contribution is -1.96. The zero-order chi connectivity index (χ0) is 10.8. The highest BCUT2D eigenvalue weighted by Crippen LogP contribution is 2.12. The highest BCUT2D eigenvalue weighted by Gasteiger charge is 2.13. The Balaban J connectivity index is 2.84. The van der Waals surface area contributed by atoms with Crippen LogP contribution >= 0.6 is 10.7 Å². The molecular weight excluding hydrogens is 224 g/mol. The fourth-order valence-electron chi connectivity index (χ4n) is 0.922. The lowest BCUT2D eigenvalue weighted by Gasteiger charge is -2.01. The van der Waals surface area contributed by atoms with Crippen LogP contribution in [0.3, 0.4) is 0 Å². The van der Waals surface area contributed by atoms with E-state index in [1.807, 2.05) is 6.92 Å². The Morgan fingerprint density at radius 2 is 2.36 bits per heavy atom. The molecule has 1 heterocycles. The van der Waals surface area contributed by atoms with Crippen molar-refractivity contribution in [1.82, 2.24) is 9.55 Å². The number of allylic oxidation sites excluding steroid dienone is 1. The average Bonchev–Trinajstić information content (AvgIpc) is 2.51. The van der Waals surface area contributed by atoms with E-state index in [2.05, 4.69) is 11.6 Å². The number of hydrogen-bond acceptors (Lipinski definition) is 3. The maximum atomic E-state index is 10.9. The van der Waals surface area contributed by atoms with Crippen molar-refractivity contribution < 1.29 is 8.42 Å². The molecular formula is C8H11ClN2O2S. The van der Waals surface area contributed by atoms with E-state index in [0.29, 0.717) is 6.54 Å². The van der Waals surface area contributed by atoms with E-state index in [0.717, 1.165) is 12.0 Å². The second kappa shape index (κ2) is 4.14. The van der Waals surface area contributed by atoms with Gasteiger partial charge >= 0.3 is 0 Å². The summed E-state index contributed by atoms with van der Waals surface area (Å²) in [4.78, 5) is 3.68. The topological polar surface area (TPSA) is 52.0 Å². The number of imidazole rings is 1. The third kappa shape index (κ3) is 2.85. The molecule has 14 heavy (non-hydrogen) atoms. The molecule has 0 aliphatic heterocycles. The van der Waals surface area contributed by atoms with Gasteiger partial charge in [-0.2, -0.15) is 0 Å². The zero-order valence-electron chi connectivity index (χ0n) is 7.77. The molecule has 0 aliphatic rings. The summed E-state index contributed by atoms with van der Waals surface area (Å²) < 4.78 is 23.4. The van der Waals surface area contributed by atoms with E-state index in [1.54, 1.807) is 4.57 Å². The second-order valence-corrected chi connectivity index (χ2v) is 5.44. The normalized spacial score (nSPS) is 11.6. The van der Waals surface area contributed by atoms with Crippen molar-refractivity contribution in [2.75, 3.05) is 0 Å².